The van der Waals surface area contributed by atoms with E-state index < -0.39 is 5.41 Å². The van der Waals surface area contributed by atoms with Crippen LogP contribution >= 0.6 is 0 Å². The summed E-state index contributed by atoms with van der Waals surface area (Å²) in [6.45, 7) is 10.0. The molecule has 0 fully saturated rings. The fourth-order valence-electron chi connectivity index (χ4n) is 2.22. The van der Waals surface area contributed by atoms with E-state index in [4.69, 9.17) is 0 Å². The number of aromatic nitrogens is 2. The average Bonchev–Trinajstić information content (AvgIpc) is 2.92. The lowest BCUT2D eigenvalue weighted by molar-refractivity contribution is -0.123. The molecule has 134 valence electrons. The van der Waals surface area contributed by atoms with Crippen LogP contribution in [0.5, 0.6) is 0 Å². The highest BCUT2D eigenvalue weighted by Crippen LogP contribution is 2.23. The van der Waals surface area contributed by atoms with Gasteiger partial charge in [-0.05, 0) is 43.2 Å². The minimum absolute atomic E-state index is 0.0399. The SMILES string of the molecule is Cc1cnn(CCC(=O)Nc2ccc(NC(=O)C(C)(C)C)c(C)c2)c1. The highest BCUT2D eigenvalue weighted by atomic mass is 16.2. The molecule has 0 unspecified atom stereocenters. The summed E-state index contributed by atoms with van der Waals surface area (Å²) in [4.78, 5) is 24.2. The molecule has 1 aromatic heterocycles. The number of rotatable bonds is 5. The van der Waals surface area contributed by atoms with Crippen LogP contribution in [0, 0.1) is 19.3 Å². The quantitative estimate of drug-likeness (QED) is 0.873. The minimum Gasteiger partial charge on any atom is -0.326 e. The molecule has 6 nitrogen and oxygen atoms in total. The van der Waals surface area contributed by atoms with E-state index in [1.807, 2.05) is 52.9 Å². The zero-order chi connectivity index (χ0) is 18.6. The van der Waals surface area contributed by atoms with Gasteiger partial charge in [0.25, 0.3) is 0 Å². The highest BCUT2D eigenvalue weighted by molar-refractivity contribution is 5.96. The molecule has 1 heterocycles. The summed E-state index contributed by atoms with van der Waals surface area (Å²) in [5, 5.41) is 9.96. The van der Waals surface area contributed by atoms with Gasteiger partial charge in [-0.3, -0.25) is 14.3 Å². The minimum atomic E-state index is -0.454. The van der Waals surface area contributed by atoms with Gasteiger partial charge < -0.3 is 10.6 Å². The molecule has 0 bridgehead atoms. The van der Waals surface area contributed by atoms with Gasteiger partial charge in [0.05, 0.1) is 6.20 Å². The van der Waals surface area contributed by atoms with Crippen molar-refractivity contribution in [1.82, 2.24) is 9.78 Å². The topological polar surface area (TPSA) is 76.0 Å². The van der Waals surface area contributed by atoms with Gasteiger partial charge in [-0.25, -0.2) is 0 Å². The Morgan fingerprint density at radius 1 is 1.16 bits per heavy atom. The standard InChI is InChI=1S/C19H26N4O2/c1-13-11-20-23(12-13)9-8-17(24)21-15-6-7-16(14(2)10-15)22-18(25)19(3,4)5/h6-7,10-12H,8-9H2,1-5H3,(H,21,24)(H,22,25). The maximum Gasteiger partial charge on any atom is 0.229 e. The van der Waals surface area contributed by atoms with E-state index in [0.29, 0.717) is 18.7 Å². The third kappa shape index (κ3) is 5.45. The number of carbonyl (C=O) groups excluding carboxylic acids is 2. The Morgan fingerprint density at radius 2 is 1.88 bits per heavy atom. The fraction of sp³-hybridized carbons (Fsp3) is 0.421. The maximum atomic E-state index is 12.1. The molecule has 0 aliphatic rings. The molecule has 2 aromatic rings. The molecule has 0 saturated heterocycles. The second-order valence-corrected chi connectivity index (χ2v) is 7.31. The number of hydrogen-bond donors (Lipinski definition) is 2. The summed E-state index contributed by atoms with van der Waals surface area (Å²) < 4.78 is 1.76. The molecule has 0 spiro atoms. The molecule has 1 aromatic carbocycles. The number of nitrogens with zero attached hydrogens (tertiary/aromatic N) is 2. The zero-order valence-corrected chi connectivity index (χ0v) is 15.5. The number of amides is 2. The summed E-state index contributed by atoms with van der Waals surface area (Å²) in [5.74, 6) is -0.110. The molecule has 0 radical (unpaired) electrons. The Kier molecular flexibility index (Phi) is 5.62. The van der Waals surface area contributed by atoms with Crippen molar-refractivity contribution in [3.8, 4) is 0 Å². The molecule has 0 atom stereocenters. The molecule has 0 aliphatic heterocycles. The normalized spacial score (nSPS) is 11.2. The molecule has 2 N–H and O–H groups in total. The van der Waals surface area contributed by atoms with Crippen molar-refractivity contribution in [3.05, 3.63) is 41.7 Å². The van der Waals surface area contributed by atoms with Gasteiger partial charge in [0, 0.05) is 36.0 Å². The van der Waals surface area contributed by atoms with Crippen molar-refractivity contribution < 1.29 is 9.59 Å². The van der Waals surface area contributed by atoms with Crippen LogP contribution in [0.15, 0.2) is 30.6 Å². The van der Waals surface area contributed by atoms with E-state index in [2.05, 4.69) is 15.7 Å². The summed E-state index contributed by atoms with van der Waals surface area (Å²) in [7, 11) is 0. The van der Waals surface area contributed by atoms with Crippen LogP contribution in [-0.2, 0) is 16.1 Å². The van der Waals surface area contributed by atoms with Crippen LogP contribution in [0.1, 0.15) is 38.3 Å². The van der Waals surface area contributed by atoms with Crippen molar-refractivity contribution in [2.75, 3.05) is 10.6 Å². The van der Waals surface area contributed by atoms with Crippen LogP contribution in [0.4, 0.5) is 11.4 Å². The predicted molar refractivity (Wildman–Crippen MR) is 99.5 cm³/mol. The molecule has 25 heavy (non-hydrogen) atoms. The predicted octanol–water partition coefficient (Wildman–Crippen LogP) is 3.51. The van der Waals surface area contributed by atoms with Crippen LogP contribution in [0.25, 0.3) is 0 Å². The molecular formula is C19H26N4O2. The van der Waals surface area contributed by atoms with Crippen LogP contribution < -0.4 is 10.6 Å². The molecule has 2 rings (SSSR count). The monoisotopic (exact) mass is 342 g/mol. The molecule has 6 heteroatoms. The summed E-state index contributed by atoms with van der Waals surface area (Å²) in [6.07, 6.45) is 4.03. The molecule has 0 saturated carbocycles. The highest BCUT2D eigenvalue weighted by Gasteiger charge is 2.21. The number of benzene rings is 1. The molecule has 0 aliphatic carbocycles. The van der Waals surface area contributed by atoms with Crippen molar-refractivity contribution in [3.63, 3.8) is 0 Å². The van der Waals surface area contributed by atoms with Crippen molar-refractivity contribution in [2.24, 2.45) is 5.41 Å². The zero-order valence-electron chi connectivity index (χ0n) is 15.5. The van der Waals surface area contributed by atoms with Gasteiger partial charge in [0.15, 0.2) is 0 Å². The molecule has 2 amide bonds. The van der Waals surface area contributed by atoms with Gasteiger partial charge in [0.2, 0.25) is 11.8 Å². The summed E-state index contributed by atoms with van der Waals surface area (Å²) in [5.41, 5.74) is 2.99. The Balaban J connectivity index is 1.93. The van der Waals surface area contributed by atoms with Crippen LogP contribution in [0.3, 0.4) is 0 Å². The maximum absolute atomic E-state index is 12.1. The Labute approximate surface area is 148 Å². The van der Waals surface area contributed by atoms with E-state index in [0.717, 1.165) is 16.8 Å². The summed E-state index contributed by atoms with van der Waals surface area (Å²) >= 11 is 0. The first-order chi connectivity index (χ1) is 11.6. The lowest BCUT2D eigenvalue weighted by atomic mass is 9.95. The van der Waals surface area contributed by atoms with E-state index in [9.17, 15) is 9.59 Å². The Morgan fingerprint density at radius 3 is 2.44 bits per heavy atom. The first kappa shape index (κ1) is 18.7. The van der Waals surface area contributed by atoms with Crippen LogP contribution in [0.2, 0.25) is 0 Å². The summed E-state index contributed by atoms with van der Waals surface area (Å²) in [6, 6.07) is 5.46. The smallest absolute Gasteiger partial charge is 0.229 e. The number of hydrogen-bond acceptors (Lipinski definition) is 3. The third-order valence-electron chi connectivity index (χ3n) is 3.77. The average molecular weight is 342 g/mol. The lowest BCUT2D eigenvalue weighted by Gasteiger charge is -2.19. The van der Waals surface area contributed by atoms with Gasteiger partial charge in [0.1, 0.15) is 0 Å². The first-order valence-electron chi connectivity index (χ1n) is 8.36. The van der Waals surface area contributed by atoms with Gasteiger partial charge in [-0.15, -0.1) is 0 Å². The lowest BCUT2D eigenvalue weighted by Crippen LogP contribution is -2.27. The number of carbonyl (C=O) groups is 2. The Hall–Kier alpha value is -2.63. The van der Waals surface area contributed by atoms with Gasteiger partial charge in [-0.2, -0.15) is 5.10 Å². The van der Waals surface area contributed by atoms with Crippen molar-refractivity contribution >= 4 is 23.2 Å². The molecular weight excluding hydrogens is 316 g/mol. The van der Waals surface area contributed by atoms with Crippen molar-refractivity contribution in [2.45, 2.75) is 47.6 Å². The second kappa shape index (κ2) is 7.51. The Bertz CT molecular complexity index is 772. The largest absolute Gasteiger partial charge is 0.326 e. The number of aryl methyl sites for hydroxylation is 3. The van der Waals surface area contributed by atoms with Gasteiger partial charge in [-0.1, -0.05) is 20.8 Å². The van der Waals surface area contributed by atoms with E-state index in [1.165, 1.54) is 0 Å². The van der Waals surface area contributed by atoms with Gasteiger partial charge >= 0.3 is 0 Å². The van der Waals surface area contributed by atoms with E-state index in [-0.39, 0.29) is 11.8 Å². The van der Waals surface area contributed by atoms with Crippen LogP contribution in [-0.4, -0.2) is 21.6 Å². The third-order valence-corrected chi connectivity index (χ3v) is 3.77. The first-order valence-corrected chi connectivity index (χ1v) is 8.36. The van der Waals surface area contributed by atoms with Crippen molar-refractivity contribution in [1.29, 1.82) is 0 Å². The second-order valence-electron chi connectivity index (χ2n) is 7.31. The number of nitrogens with one attached hydrogen (secondary N) is 2. The number of anilines is 2. The van der Waals surface area contributed by atoms with E-state index in [1.54, 1.807) is 16.9 Å². The fourth-order valence-corrected chi connectivity index (χ4v) is 2.22. The van der Waals surface area contributed by atoms with E-state index >= 15 is 0 Å².